The summed E-state index contributed by atoms with van der Waals surface area (Å²) in [5.74, 6) is -0.306. The summed E-state index contributed by atoms with van der Waals surface area (Å²) in [6.07, 6.45) is 2.98. The smallest absolute Gasteiger partial charge is 0.322 e. The quantitative estimate of drug-likeness (QED) is 0.923. The van der Waals surface area contributed by atoms with E-state index in [0.717, 1.165) is 5.56 Å². The van der Waals surface area contributed by atoms with Crippen LogP contribution in [-0.2, 0) is 4.74 Å². The number of morpholine rings is 1. The van der Waals surface area contributed by atoms with Crippen LogP contribution in [0.15, 0.2) is 42.7 Å². The van der Waals surface area contributed by atoms with E-state index in [0.29, 0.717) is 25.4 Å². The van der Waals surface area contributed by atoms with Gasteiger partial charge in [0.15, 0.2) is 0 Å². The number of hydrogen-bond donors (Lipinski definition) is 1. The monoisotopic (exact) mass is 302 g/mol. The zero-order valence-electron chi connectivity index (χ0n) is 11.8. The van der Waals surface area contributed by atoms with Gasteiger partial charge in [-0.3, -0.25) is 0 Å². The van der Waals surface area contributed by atoms with Gasteiger partial charge in [0.25, 0.3) is 0 Å². The highest BCUT2D eigenvalue weighted by atomic mass is 19.1. The van der Waals surface area contributed by atoms with Crippen molar-refractivity contribution >= 4 is 11.7 Å². The first-order valence-corrected chi connectivity index (χ1v) is 6.91. The molecule has 22 heavy (non-hydrogen) atoms. The van der Waals surface area contributed by atoms with Crippen molar-refractivity contribution in [2.75, 3.05) is 25.1 Å². The highest BCUT2D eigenvalue weighted by Crippen LogP contribution is 2.25. The molecule has 2 amide bonds. The minimum absolute atomic E-state index is 0.245. The molecule has 1 saturated heterocycles. The molecule has 2 heterocycles. The van der Waals surface area contributed by atoms with E-state index < -0.39 is 0 Å². The summed E-state index contributed by atoms with van der Waals surface area (Å²) in [5.41, 5.74) is 1.41. The largest absolute Gasteiger partial charge is 0.377 e. The molecule has 1 aliphatic heterocycles. The molecule has 1 aromatic carbocycles. The standard InChI is InChI=1S/C15H15FN4O2/c16-12-3-1-11(2-4-12)14-10-22-8-7-20(14)15(21)19-13-5-6-17-18-9-13/h1-6,9,14H,7-8,10H2,(H,17,19,21)/t14-/m0/s1. The van der Waals surface area contributed by atoms with Crippen LogP contribution in [0.4, 0.5) is 14.9 Å². The number of aromatic nitrogens is 2. The molecule has 7 heteroatoms. The lowest BCUT2D eigenvalue weighted by molar-refractivity contribution is 0.0147. The summed E-state index contributed by atoms with van der Waals surface area (Å²) >= 11 is 0. The number of amides is 2. The van der Waals surface area contributed by atoms with Crippen LogP contribution < -0.4 is 5.32 Å². The van der Waals surface area contributed by atoms with Gasteiger partial charge in [-0.15, -0.1) is 0 Å². The van der Waals surface area contributed by atoms with E-state index in [1.165, 1.54) is 24.5 Å². The highest BCUT2D eigenvalue weighted by molar-refractivity contribution is 5.89. The number of nitrogens with one attached hydrogen (secondary N) is 1. The fourth-order valence-electron chi connectivity index (χ4n) is 2.37. The van der Waals surface area contributed by atoms with Crippen LogP contribution in [0.1, 0.15) is 11.6 Å². The number of ether oxygens (including phenoxy) is 1. The number of urea groups is 1. The molecule has 0 saturated carbocycles. The fourth-order valence-corrected chi connectivity index (χ4v) is 2.37. The molecule has 0 aliphatic carbocycles. The maximum atomic E-state index is 13.1. The van der Waals surface area contributed by atoms with Crippen LogP contribution >= 0.6 is 0 Å². The Kier molecular flexibility index (Phi) is 4.24. The summed E-state index contributed by atoms with van der Waals surface area (Å²) in [6.45, 7) is 1.32. The zero-order chi connectivity index (χ0) is 15.4. The first kappa shape index (κ1) is 14.4. The molecule has 6 nitrogen and oxygen atoms in total. The Morgan fingerprint density at radius 2 is 2.09 bits per heavy atom. The topological polar surface area (TPSA) is 67.4 Å². The summed E-state index contributed by atoms with van der Waals surface area (Å²) in [4.78, 5) is 14.1. The molecular formula is C15H15FN4O2. The maximum Gasteiger partial charge on any atom is 0.322 e. The number of nitrogens with zero attached hydrogens (tertiary/aromatic N) is 3. The number of anilines is 1. The minimum Gasteiger partial charge on any atom is -0.377 e. The van der Waals surface area contributed by atoms with Crippen molar-refractivity contribution in [2.45, 2.75) is 6.04 Å². The van der Waals surface area contributed by atoms with Crippen molar-refractivity contribution in [3.8, 4) is 0 Å². The number of carbonyl (C=O) groups is 1. The molecule has 0 spiro atoms. The van der Waals surface area contributed by atoms with Crippen molar-refractivity contribution in [2.24, 2.45) is 0 Å². The Morgan fingerprint density at radius 3 is 2.82 bits per heavy atom. The van der Waals surface area contributed by atoms with Crippen LogP contribution in [0.3, 0.4) is 0 Å². The van der Waals surface area contributed by atoms with Crippen molar-refractivity contribution < 1.29 is 13.9 Å². The Hall–Kier alpha value is -2.54. The number of hydrogen-bond acceptors (Lipinski definition) is 4. The second-order valence-corrected chi connectivity index (χ2v) is 4.90. The van der Waals surface area contributed by atoms with E-state index >= 15 is 0 Å². The van der Waals surface area contributed by atoms with Gasteiger partial charge in [-0.25, -0.2) is 9.18 Å². The fraction of sp³-hybridized carbons (Fsp3) is 0.267. The van der Waals surface area contributed by atoms with E-state index in [1.807, 2.05) is 0 Å². The van der Waals surface area contributed by atoms with Gasteiger partial charge in [0.05, 0.1) is 37.3 Å². The lowest BCUT2D eigenvalue weighted by Crippen LogP contribution is -2.45. The molecule has 1 N–H and O–H groups in total. The third-order valence-electron chi connectivity index (χ3n) is 3.48. The van der Waals surface area contributed by atoms with E-state index in [1.54, 1.807) is 23.1 Å². The van der Waals surface area contributed by atoms with Crippen molar-refractivity contribution in [1.29, 1.82) is 0 Å². The SMILES string of the molecule is O=C(Nc1ccnnc1)N1CCOC[C@H]1c1ccc(F)cc1. The maximum absolute atomic E-state index is 13.1. The predicted octanol–water partition coefficient (Wildman–Crippen LogP) is 2.22. The molecular weight excluding hydrogens is 287 g/mol. The average molecular weight is 302 g/mol. The van der Waals surface area contributed by atoms with Gasteiger partial charge in [-0.05, 0) is 23.8 Å². The minimum atomic E-state index is -0.306. The number of benzene rings is 1. The van der Waals surface area contributed by atoms with E-state index in [4.69, 9.17) is 4.74 Å². The van der Waals surface area contributed by atoms with Gasteiger partial charge in [-0.1, -0.05) is 12.1 Å². The third kappa shape index (κ3) is 3.20. The lowest BCUT2D eigenvalue weighted by atomic mass is 10.1. The summed E-state index contributed by atoms with van der Waals surface area (Å²) in [7, 11) is 0. The Bertz CT molecular complexity index is 636. The van der Waals surface area contributed by atoms with Gasteiger partial charge < -0.3 is 15.0 Å². The molecule has 0 unspecified atom stereocenters. The molecule has 1 atom stereocenters. The first-order valence-electron chi connectivity index (χ1n) is 6.91. The molecule has 1 aliphatic rings. The molecule has 3 rings (SSSR count). The van der Waals surface area contributed by atoms with Crippen molar-refractivity contribution in [3.05, 3.63) is 54.1 Å². The van der Waals surface area contributed by atoms with Crippen LogP contribution in [0.25, 0.3) is 0 Å². The zero-order valence-corrected chi connectivity index (χ0v) is 11.8. The highest BCUT2D eigenvalue weighted by Gasteiger charge is 2.28. The van der Waals surface area contributed by atoms with Crippen molar-refractivity contribution in [1.82, 2.24) is 15.1 Å². The Balaban J connectivity index is 1.77. The van der Waals surface area contributed by atoms with Gasteiger partial charge >= 0.3 is 6.03 Å². The normalized spacial score (nSPS) is 18.0. The van der Waals surface area contributed by atoms with Crippen LogP contribution in [-0.4, -0.2) is 40.9 Å². The number of carbonyl (C=O) groups excluding carboxylic acids is 1. The van der Waals surface area contributed by atoms with Gasteiger partial charge in [0.1, 0.15) is 5.82 Å². The number of rotatable bonds is 2. The summed E-state index contributed by atoms with van der Waals surface area (Å²) < 4.78 is 18.5. The van der Waals surface area contributed by atoms with Crippen molar-refractivity contribution in [3.63, 3.8) is 0 Å². The van der Waals surface area contributed by atoms with Crippen LogP contribution in [0, 0.1) is 5.82 Å². The summed E-state index contributed by atoms with van der Waals surface area (Å²) in [6, 6.07) is 7.28. The molecule has 0 radical (unpaired) electrons. The molecule has 2 aromatic rings. The van der Waals surface area contributed by atoms with Crippen LogP contribution in [0.5, 0.6) is 0 Å². The average Bonchev–Trinajstić information content (AvgIpc) is 2.56. The second-order valence-electron chi connectivity index (χ2n) is 4.90. The second kappa shape index (κ2) is 6.48. The van der Waals surface area contributed by atoms with E-state index in [9.17, 15) is 9.18 Å². The summed E-state index contributed by atoms with van der Waals surface area (Å²) in [5, 5.41) is 10.2. The lowest BCUT2D eigenvalue weighted by Gasteiger charge is -2.35. The van der Waals surface area contributed by atoms with Gasteiger partial charge in [0.2, 0.25) is 0 Å². The predicted molar refractivity (Wildman–Crippen MR) is 77.7 cm³/mol. The van der Waals surface area contributed by atoms with Crippen LogP contribution in [0.2, 0.25) is 0 Å². The van der Waals surface area contributed by atoms with E-state index in [-0.39, 0.29) is 17.9 Å². The molecule has 114 valence electrons. The molecule has 1 fully saturated rings. The first-order chi connectivity index (χ1) is 10.7. The Labute approximate surface area is 126 Å². The third-order valence-corrected chi connectivity index (χ3v) is 3.48. The van der Waals surface area contributed by atoms with Gasteiger partial charge in [0, 0.05) is 6.54 Å². The number of halogens is 1. The molecule has 1 aromatic heterocycles. The van der Waals surface area contributed by atoms with E-state index in [2.05, 4.69) is 15.5 Å². The van der Waals surface area contributed by atoms with Gasteiger partial charge in [-0.2, -0.15) is 10.2 Å². The Morgan fingerprint density at radius 1 is 1.27 bits per heavy atom. The molecule has 0 bridgehead atoms.